The van der Waals surface area contributed by atoms with Gasteiger partial charge in [-0.15, -0.1) is 0 Å². The number of hydrogen-bond donors (Lipinski definition) is 1. The molecule has 8 aromatic rings. The first-order chi connectivity index (χ1) is 32.1. The molecular weight excluding hydrogens is 865 g/mol. The molecule has 8 rings (SSSR count). The van der Waals surface area contributed by atoms with Gasteiger partial charge in [-0.05, 0) is 29.2 Å². The Labute approximate surface area is 394 Å². The number of ether oxygens (including phenoxy) is 1. The number of carbonyl (C=O) groups excluding carboxylic acids is 2. The van der Waals surface area contributed by atoms with Gasteiger partial charge in [0.05, 0.1) is 19.0 Å². The lowest BCUT2D eigenvalue weighted by molar-refractivity contribution is 0.0975. The average Bonchev–Trinajstić information content (AvgIpc) is 4.06. The highest BCUT2D eigenvalue weighted by molar-refractivity contribution is 5.98. The number of rotatable bonds is 18. The third-order valence-electron chi connectivity index (χ3n) is 10.4. The van der Waals surface area contributed by atoms with Crippen LogP contribution < -0.4 is 25.7 Å². The van der Waals surface area contributed by atoms with Crippen LogP contribution in [0.1, 0.15) is 76.1 Å². The Bertz CT molecular complexity index is 2860. The molecule has 16 nitrogen and oxygen atoms in total. The number of hydrogen-bond acceptors (Lipinski definition) is 14. The van der Waals surface area contributed by atoms with Crippen LogP contribution in [0.25, 0.3) is 0 Å². The largest absolute Gasteiger partial charge is 0.501 e. The molecule has 1 N–H and O–H groups in total. The highest BCUT2D eigenvalue weighted by Gasteiger charge is 2.26. The summed E-state index contributed by atoms with van der Waals surface area (Å²) in [5, 5.41) is 17.6. The van der Waals surface area contributed by atoms with Crippen molar-refractivity contribution in [2.75, 3.05) is 16.4 Å². The van der Waals surface area contributed by atoms with Gasteiger partial charge in [-0.25, -0.2) is 9.97 Å². The zero-order valence-electron chi connectivity index (χ0n) is 36.7. The zero-order chi connectivity index (χ0) is 46.4. The van der Waals surface area contributed by atoms with E-state index in [0.29, 0.717) is 43.3 Å². The van der Waals surface area contributed by atoms with Crippen LogP contribution in [-0.2, 0) is 53.1 Å². The molecule has 4 heterocycles. The Morgan fingerprint density at radius 2 is 0.912 bits per heavy atom. The SMILES string of the molecule is C.C.CCOc1c(C(=O)Cc2cnoc2)nc(N(Cc2ccccc2)Cc2ccccc2)n(C)c1=O.Cn1c(N(Cc2ccccc2)Cc2ccccc2)nc(C(=O)Cc2cnoc2)c(O)c1=O. The molecule has 0 fully saturated rings. The first kappa shape index (κ1) is 50.6. The molecule has 0 aliphatic heterocycles. The van der Waals surface area contributed by atoms with Crippen LogP contribution in [0, 0.1) is 0 Å². The van der Waals surface area contributed by atoms with Crippen molar-refractivity contribution in [1.29, 1.82) is 0 Å². The van der Waals surface area contributed by atoms with Gasteiger partial charge < -0.3 is 28.7 Å². The molecule has 4 aromatic heterocycles. The van der Waals surface area contributed by atoms with Crippen LogP contribution in [-0.4, -0.2) is 52.7 Å². The van der Waals surface area contributed by atoms with E-state index in [4.69, 9.17) is 13.8 Å². The summed E-state index contributed by atoms with van der Waals surface area (Å²) in [7, 11) is 3.17. The second-order valence-corrected chi connectivity index (χ2v) is 15.3. The Kier molecular flexibility index (Phi) is 18.0. The lowest BCUT2D eigenvalue weighted by Gasteiger charge is -2.26. The second kappa shape index (κ2) is 24.2. The van der Waals surface area contributed by atoms with Gasteiger partial charge in [-0.3, -0.25) is 28.3 Å². The van der Waals surface area contributed by atoms with E-state index < -0.39 is 22.7 Å². The van der Waals surface area contributed by atoms with Crippen molar-refractivity contribution in [3.8, 4) is 11.5 Å². The van der Waals surface area contributed by atoms with Gasteiger partial charge >= 0.3 is 0 Å². The fraction of sp³-hybridized carbons (Fsp3) is 0.231. The van der Waals surface area contributed by atoms with Gasteiger partial charge in [0.2, 0.25) is 23.4 Å². The van der Waals surface area contributed by atoms with Crippen molar-refractivity contribution in [3.63, 3.8) is 0 Å². The van der Waals surface area contributed by atoms with Gasteiger partial charge in [0.15, 0.2) is 23.0 Å². The van der Waals surface area contributed by atoms with Crippen molar-refractivity contribution >= 4 is 23.5 Å². The maximum absolute atomic E-state index is 13.3. The summed E-state index contributed by atoms with van der Waals surface area (Å²) in [6, 6.07) is 39.4. The molecule has 0 unspecified atom stereocenters. The van der Waals surface area contributed by atoms with E-state index in [0.717, 1.165) is 22.3 Å². The molecule has 0 saturated heterocycles. The van der Waals surface area contributed by atoms with E-state index >= 15 is 0 Å². The lowest BCUT2D eigenvalue weighted by atomic mass is 10.1. The summed E-state index contributed by atoms with van der Waals surface area (Å²) in [5.74, 6) is -0.885. The van der Waals surface area contributed by atoms with E-state index in [9.17, 15) is 24.3 Å². The summed E-state index contributed by atoms with van der Waals surface area (Å²) in [6.07, 6.45) is 5.53. The Hall–Kier alpha value is -8.40. The van der Waals surface area contributed by atoms with Gasteiger partial charge in [-0.1, -0.05) is 146 Å². The summed E-state index contributed by atoms with van der Waals surface area (Å²) < 4.78 is 17.9. The molecule has 0 aliphatic carbocycles. The number of benzene rings is 4. The van der Waals surface area contributed by atoms with Crippen LogP contribution in [0.4, 0.5) is 11.9 Å². The first-order valence-electron chi connectivity index (χ1n) is 21.1. The Morgan fingerprint density at radius 1 is 0.559 bits per heavy atom. The molecule has 16 heteroatoms. The van der Waals surface area contributed by atoms with Crippen LogP contribution in [0.15, 0.2) is 165 Å². The third-order valence-corrected chi connectivity index (χ3v) is 10.4. The topological polar surface area (TPSA) is 192 Å². The summed E-state index contributed by atoms with van der Waals surface area (Å²) in [4.78, 5) is 65.1. The zero-order valence-corrected chi connectivity index (χ0v) is 36.7. The number of Topliss-reactive ketones (excluding diaryl/α,β-unsaturated/α-hetero) is 2. The Balaban J connectivity index is 0.000000247. The fourth-order valence-electron chi connectivity index (χ4n) is 7.15. The molecule has 0 atom stereocenters. The maximum Gasteiger partial charge on any atom is 0.297 e. The molecule has 0 aliphatic rings. The number of nitrogens with zero attached hydrogens (tertiary/aromatic N) is 8. The minimum absolute atomic E-state index is 0. The number of ketones is 2. The van der Waals surface area contributed by atoms with E-state index in [-0.39, 0.29) is 63.2 Å². The number of aromatic hydroxyl groups is 1. The number of aromatic nitrogens is 6. The highest BCUT2D eigenvalue weighted by atomic mass is 16.5. The van der Waals surface area contributed by atoms with E-state index in [1.54, 1.807) is 14.0 Å². The van der Waals surface area contributed by atoms with Crippen molar-refractivity contribution in [3.05, 3.63) is 212 Å². The third kappa shape index (κ3) is 12.7. The molecule has 68 heavy (non-hydrogen) atoms. The minimum atomic E-state index is -0.685. The second-order valence-electron chi connectivity index (χ2n) is 15.3. The smallest absolute Gasteiger partial charge is 0.297 e. The maximum atomic E-state index is 13.3. The van der Waals surface area contributed by atoms with Gasteiger partial charge in [0.25, 0.3) is 11.1 Å². The monoisotopic (exact) mass is 920 g/mol. The van der Waals surface area contributed by atoms with Gasteiger partial charge in [0.1, 0.15) is 12.5 Å². The summed E-state index contributed by atoms with van der Waals surface area (Å²) in [5.41, 5.74) is 3.92. The molecule has 352 valence electrons. The van der Waals surface area contributed by atoms with Crippen LogP contribution in [0.3, 0.4) is 0 Å². The number of anilines is 2. The number of carbonyl (C=O) groups is 2. The van der Waals surface area contributed by atoms with E-state index in [1.165, 1.54) is 41.1 Å². The molecule has 0 bridgehead atoms. The van der Waals surface area contributed by atoms with Gasteiger partial charge in [0, 0.05) is 64.2 Å². The Morgan fingerprint density at radius 3 is 1.26 bits per heavy atom. The first-order valence-corrected chi connectivity index (χ1v) is 21.1. The predicted molar refractivity (Wildman–Crippen MR) is 260 cm³/mol. The normalized spacial score (nSPS) is 10.5. The summed E-state index contributed by atoms with van der Waals surface area (Å²) in [6.45, 7) is 3.92. The average molecular weight is 921 g/mol. The van der Waals surface area contributed by atoms with Crippen molar-refractivity contribution in [2.24, 2.45) is 14.1 Å². The van der Waals surface area contributed by atoms with Crippen molar-refractivity contribution in [1.82, 2.24) is 29.4 Å². The molecule has 0 spiro atoms. The summed E-state index contributed by atoms with van der Waals surface area (Å²) >= 11 is 0. The minimum Gasteiger partial charge on any atom is -0.501 e. The van der Waals surface area contributed by atoms with E-state index in [1.807, 2.05) is 131 Å². The van der Waals surface area contributed by atoms with Gasteiger partial charge in [-0.2, -0.15) is 0 Å². The van der Waals surface area contributed by atoms with E-state index in [2.05, 4.69) is 20.3 Å². The lowest BCUT2D eigenvalue weighted by Crippen LogP contribution is -2.33. The molecule has 4 aromatic carbocycles. The standard InChI is InChI=1S/C26H26N4O4.C24H22N4O4.2CH4/c1-3-33-24-23(22(31)14-21-15-27-34-18-21)28-26(29(2)25(24)32)30(16-19-10-6-4-7-11-19)17-20-12-8-5-9-13-20;1-27-23(31)22(30)21(20(29)12-19-13-25-32-16-19)26-24(27)28(14-17-8-4-2-5-9-17)15-18-10-6-3-7-11-18;;/h4-13,15,18H,3,14,16-17H2,1-2H3;2-11,13,16,30H,12,14-15H2,1H3;2*1H4. The van der Waals surface area contributed by atoms with Crippen LogP contribution in [0.2, 0.25) is 0 Å². The fourth-order valence-corrected chi connectivity index (χ4v) is 7.15. The molecule has 0 radical (unpaired) electrons. The molecule has 0 saturated carbocycles. The highest BCUT2D eigenvalue weighted by Crippen LogP contribution is 2.24. The van der Waals surface area contributed by atoms with Crippen LogP contribution >= 0.6 is 0 Å². The predicted octanol–water partition coefficient (Wildman–Crippen LogP) is 8.18. The van der Waals surface area contributed by atoms with Crippen molar-refractivity contribution < 1.29 is 28.5 Å². The van der Waals surface area contributed by atoms with Crippen molar-refractivity contribution in [2.45, 2.75) is 60.8 Å². The van der Waals surface area contributed by atoms with Crippen LogP contribution in [0.5, 0.6) is 11.5 Å². The quantitative estimate of drug-likeness (QED) is 0.0811. The molecule has 0 amide bonds. The molecular formula is C52H56N8O8.